The average Bonchev–Trinajstić information content (AvgIpc) is 2.75. The molecule has 0 aliphatic rings. The summed E-state index contributed by atoms with van der Waals surface area (Å²) < 4.78 is 12.8. The summed E-state index contributed by atoms with van der Waals surface area (Å²) in [6, 6.07) is 5.88. The van der Waals surface area contributed by atoms with Gasteiger partial charge in [0, 0.05) is 5.38 Å². The Morgan fingerprint density at radius 2 is 2.16 bits per heavy atom. The molecule has 1 heterocycles. The van der Waals surface area contributed by atoms with Crippen molar-refractivity contribution in [2.24, 2.45) is 0 Å². The van der Waals surface area contributed by atoms with Crippen molar-refractivity contribution < 1.29 is 9.18 Å². The molecule has 1 aromatic carbocycles. The minimum atomic E-state index is -0.291. The van der Waals surface area contributed by atoms with Crippen molar-refractivity contribution in [2.75, 3.05) is 5.73 Å². The summed E-state index contributed by atoms with van der Waals surface area (Å²) in [6.07, 6.45) is 0.194. The van der Waals surface area contributed by atoms with E-state index in [-0.39, 0.29) is 24.2 Å². The van der Waals surface area contributed by atoms with Crippen LogP contribution in [-0.4, -0.2) is 10.9 Å². The molecule has 0 spiro atoms. The lowest BCUT2D eigenvalue weighted by atomic mass is 10.1. The Labute approximate surface area is 114 Å². The number of nitrogens with two attached hydrogens (primary N) is 1. The molecule has 0 aliphatic heterocycles. The number of carbonyl (C=O) groups excluding carboxylic acids is 1. The standard InChI is InChI=1S/C13H14FN3OS/c1-8(9-2-4-10(14)5-3-9)16-12(18)6-11-7-19-13(15)17-11/h2-5,7-8H,6H2,1H3,(H2,15,17)(H,16,18)/t8-/m1/s1. The fourth-order valence-electron chi connectivity index (χ4n) is 1.70. The van der Waals surface area contributed by atoms with Crippen LogP contribution in [-0.2, 0) is 11.2 Å². The summed E-state index contributed by atoms with van der Waals surface area (Å²) in [7, 11) is 0. The van der Waals surface area contributed by atoms with Crippen molar-refractivity contribution in [2.45, 2.75) is 19.4 Å². The summed E-state index contributed by atoms with van der Waals surface area (Å²) >= 11 is 1.31. The number of nitrogens with zero attached hydrogens (tertiary/aromatic N) is 1. The smallest absolute Gasteiger partial charge is 0.226 e. The Balaban J connectivity index is 1.93. The lowest BCUT2D eigenvalue weighted by molar-refractivity contribution is -0.121. The molecule has 2 aromatic rings. The molecule has 0 radical (unpaired) electrons. The van der Waals surface area contributed by atoms with Gasteiger partial charge in [-0.25, -0.2) is 9.37 Å². The number of carbonyl (C=O) groups is 1. The van der Waals surface area contributed by atoms with E-state index < -0.39 is 0 Å². The number of thiazole rings is 1. The number of rotatable bonds is 4. The molecule has 0 fully saturated rings. The van der Waals surface area contributed by atoms with Crippen LogP contribution in [0.5, 0.6) is 0 Å². The largest absolute Gasteiger partial charge is 0.375 e. The van der Waals surface area contributed by atoms with Crippen molar-refractivity contribution in [3.63, 3.8) is 0 Å². The van der Waals surface area contributed by atoms with Crippen LogP contribution in [0.15, 0.2) is 29.6 Å². The Morgan fingerprint density at radius 3 is 2.74 bits per heavy atom. The van der Waals surface area contributed by atoms with Gasteiger partial charge in [0.05, 0.1) is 18.2 Å². The van der Waals surface area contributed by atoms with Gasteiger partial charge in [-0.15, -0.1) is 11.3 Å². The van der Waals surface area contributed by atoms with E-state index in [9.17, 15) is 9.18 Å². The summed E-state index contributed by atoms with van der Waals surface area (Å²) in [5, 5.41) is 5.05. The molecule has 0 saturated heterocycles. The van der Waals surface area contributed by atoms with E-state index in [0.29, 0.717) is 10.8 Å². The van der Waals surface area contributed by atoms with Crippen LogP contribution in [0.3, 0.4) is 0 Å². The van der Waals surface area contributed by atoms with Gasteiger partial charge in [0.15, 0.2) is 5.13 Å². The highest BCUT2D eigenvalue weighted by Gasteiger charge is 2.11. The summed E-state index contributed by atoms with van der Waals surface area (Å²) in [4.78, 5) is 15.8. The number of anilines is 1. The number of hydrogen-bond donors (Lipinski definition) is 2. The van der Waals surface area contributed by atoms with Crippen LogP contribution in [0.4, 0.5) is 9.52 Å². The van der Waals surface area contributed by atoms with Crippen molar-refractivity contribution in [1.29, 1.82) is 0 Å². The topological polar surface area (TPSA) is 68.0 Å². The van der Waals surface area contributed by atoms with Crippen LogP contribution in [0, 0.1) is 5.82 Å². The molecule has 0 saturated carbocycles. The van der Waals surface area contributed by atoms with Crippen LogP contribution in [0.1, 0.15) is 24.2 Å². The Morgan fingerprint density at radius 1 is 1.47 bits per heavy atom. The highest BCUT2D eigenvalue weighted by atomic mass is 32.1. The van der Waals surface area contributed by atoms with Crippen LogP contribution in [0.2, 0.25) is 0 Å². The molecule has 19 heavy (non-hydrogen) atoms. The van der Waals surface area contributed by atoms with Crippen LogP contribution in [0.25, 0.3) is 0 Å². The molecule has 1 amide bonds. The van der Waals surface area contributed by atoms with Gasteiger partial charge >= 0.3 is 0 Å². The minimum absolute atomic E-state index is 0.137. The SMILES string of the molecule is C[C@@H](NC(=O)Cc1csc(N)n1)c1ccc(F)cc1. The monoisotopic (exact) mass is 279 g/mol. The van der Waals surface area contributed by atoms with Gasteiger partial charge in [-0.05, 0) is 24.6 Å². The quantitative estimate of drug-likeness (QED) is 0.902. The maximum absolute atomic E-state index is 12.8. The second kappa shape index (κ2) is 5.79. The molecule has 100 valence electrons. The fraction of sp³-hybridized carbons (Fsp3) is 0.231. The summed E-state index contributed by atoms with van der Waals surface area (Å²) in [5.41, 5.74) is 7.01. The van der Waals surface area contributed by atoms with Crippen molar-refractivity contribution >= 4 is 22.4 Å². The fourth-order valence-corrected chi connectivity index (χ4v) is 2.26. The third-order valence-corrected chi connectivity index (χ3v) is 3.38. The number of nitrogens with one attached hydrogen (secondary N) is 1. The second-order valence-electron chi connectivity index (χ2n) is 4.19. The van der Waals surface area contributed by atoms with E-state index in [2.05, 4.69) is 10.3 Å². The molecule has 6 heteroatoms. The molecule has 1 atom stereocenters. The van der Waals surface area contributed by atoms with Gasteiger partial charge in [0.25, 0.3) is 0 Å². The highest BCUT2D eigenvalue weighted by Crippen LogP contribution is 2.14. The molecular weight excluding hydrogens is 265 g/mol. The van der Waals surface area contributed by atoms with Gasteiger partial charge < -0.3 is 11.1 Å². The number of halogens is 1. The molecule has 1 aromatic heterocycles. The van der Waals surface area contributed by atoms with Gasteiger partial charge in [-0.1, -0.05) is 12.1 Å². The third kappa shape index (κ3) is 3.75. The highest BCUT2D eigenvalue weighted by molar-refractivity contribution is 7.13. The Bertz CT molecular complexity index is 568. The number of hydrogen-bond acceptors (Lipinski definition) is 4. The van der Waals surface area contributed by atoms with E-state index in [4.69, 9.17) is 5.73 Å². The first kappa shape index (κ1) is 13.5. The molecular formula is C13H14FN3OS. The lowest BCUT2D eigenvalue weighted by Gasteiger charge is -2.13. The molecule has 0 bridgehead atoms. The maximum Gasteiger partial charge on any atom is 0.226 e. The molecule has 3 N–H and O–H groups in total. The van der Waals surface area contributed by atoms with Gasteiger partial charge in [-0.3, -0.25) is 4.79 Å². The first-order valence-electron chi connectivity index (χ1n) is 5.79. The minimum Gasteiger partial charge on any atom is -0.375 e. The third-order valence-electron chi connectivity index (χ3n) is 2.66. The molecule has 4 nitrogen and oxygen atoms in total. The van der Waals surface area contributed by atoms with E-state index >= 15 is 0 Å². The van der Waals surface area contributed by atoms with Gasteiger partial charge in [0.2, 0.25) is 5.91 Å². The molecule has 0 aliphatic carbocycles. The van der Waals surface area contributed by atoms with E-state index in [1.807, 2.05) is 6.92 Å². The van der Waals surface area contributed by atoms with Crippen molar-refractivity contribution in [3.05, 3.63) is 46.7 Å². The lowest BCUT2D eigenvalue weighted by Crippen LogP contribution is -2.28. The molecule has 0 unspecified atom stereocenters. The summed E-state index contributed by atoms with van der Waals surface area (Å²) in [5.74, 6) is -0.428. The zero-order valence-corrected chi connectivity index (χ0v) is 11.2. The number of benzene rings is 1. The summed E-state index contributed by atoms with van der Waals surface area (Å²) in [6.45, 7) is 1.85. The maximum atomic E-state index is 12.8. The van der Waals surface area contributed by atoms with Crippen molar-refractivity contribution in [1.82, 2.24) is 10.3 Å². The van der Waals surface area contributed by atoms with E-state index in [1.165, 1.54) is 23.5 Å². The van der Waals surface area contributed by atoms with E-state index in [1.54, 1.807) is 17.5 Å². The number of aromatic nitrogens is 1. The predicted octanol–water partition coefficient (Wildman–Crippen LogP) is 2.28. The number of nitrogen functional groups attached to an aromatic ring is 1. The average molecular weight is 279 g/mol. The predicted molar refractivity (Wildman–Crippen MR) is 73.2 cm³/mol. The van der Waals surface area contributed by atoms with Crippen LogP contribution < -0.4 is 11.1 Å². The Hall–Kier alpha value is -1.95. The zero-order chi connectivity index (χ0) is 13.8. The molecule has 2 rings (SSSR count). The van der Waals surface area contributed by atoms with Crippen LogP contribution >= 0.6 is 11.3 Å². The van der Waals surface area contributed by atoms with E-state index in [0.717, 1.165) is 5.56 Å². The first-order valence-corrected chi connectivity index (χ1v) is 6.67. The van der Waals surface area contributed by atoms with Gasteiger partial charge in [0.1, 0.15) is 5.82 Å². The Kier molecular flexibility index (Phi) is 4.11. The zero-order valence-electron chi connectivity index (χ0n) is 10.4. The first-order chi connectivity index (χ1) is 9.04. The van der Waals surface area contributed by atoms with Gasteiger partial charge in [-0.2, -0.15) is 0 Å². The van der Waals surface area contributed by atoms with Crippen molar-refractivity contribution in [3.8, 4) is 0 Å². The normalized spacial score (nSPS) is 12.1. The number of amides is 1. The second-order valence-corrected chi connectivity index (χ2v) is 5.08.